The molecular formula is C25H20ClN3O3. The molecule has 0 saturated heterocycles. The number of halogens is 1. The van der Waals surface area contributed by atoms with Gasteiger partial charge in [0.25, 0.3) is 0 Å². The van der Waals surface area contributed by atoms with Crippen LogP contribution in [-0.4, -0.2) is 25.8 Å². The third kappa shape index (κ3) is 3.52. The van der Waals surface area contributed by atoms with Gasteiger partial charge in [0.15, 0.2) is 5.60 Å². The summed E-state index contributed by atoms with van der Waals surface area (Å²) < 4.78 is 13.7. The predicted molar refractivity (Wildman–Crippen MR) is 122 cm³/mol. The maximum absolute atomic E-state index is 13.1. The Morgan fingerprint density at radius 2 is 1.78 bits per heavy atom. The van der Waals surface area contributed by atoms with Crippen LogP contribution in [0.3, 0.4) is 0 Å². The van der Waals surface area contributed by atoms with Gasteiger partial charge in [0, 0.05) is 24.2 Å². The van der Waals surface area contributed by atoms with E-state index >= 15 is 0 Å². The number of aromatic nitrogens is 3. The summed E-state index contributed by atoms with van der Waals surface area (Å²) in [5.74, 6) is 1.15. The van der Waals surface area contributed by atoms with Crippen molar-refractivity contribution in [1.82, 2.24) is 14.4 Å². The number of rotatable bonds is 5. The second kappa shape index (κ2) is 7.80. The van der Waals surface area contributed by atoms with Crippen molar-refractivity contribution in [2.45, 2.75) is 26.1 Å². The quantitative estimate of drug-likeness (QED) is 0.422. The second-order valence-electron chi connectivity index (χ2n) is 7.97. The van der Waals surface area contributed by atoms with Crippen LogP contribution in [0.2, 0.25) is 5.15 Å². The van der Waals surface area contributed by atoms with E-state index in [9.17, 15) is 4.79 Å². The van der Waals surface area contributed by atoms with E-state index in [1.807, 2.05) is 65.2 Å². The van der Waals surface area contributed by atoms with Crippen LogP contribution in [0.5, 0.6) is 5.75 Å². The number of imidazole rings is 1. The normalized spacial score (nSPS) is 15.3. The van der Waals surface area contributed by atoms with Gasteiger partial charge in [0.1, 0.15) is 34.6 Å². The Bertz CT molecular complexity index is 1340. The average Bonchev–Trinajstić information content (AvgIpc) is 3.26. The van der Waals surface area contributed by atoms with Crippen molar-refractivity contribution >= 4 is 34.4 Å². The monoisotopic (exact) mass is 445 g/mol. The Labute approximate surface area is 190 Å². The van der Waals surface area contributed by atoms with E-state index in [0.29, 0.717) is 27.9 Å². The lowest BCUT2D eigenvalue weighted by Gasteiger charge is -2.17. The predicted octanol–water partition coefficient (Wildman–Crippen LogP) is 5.21. The van der Waals surface area contributed by atoms with Gasteiger partial charge in [-0.15, -0.1) is 0 Å². The molecule has 0 fully saturated rings. The lowest BCUT2D eigenvalue weighted by Crippen LogP contribution is -2.29. The number of ether oxygens (including phenoxy) is 2. The van der Waals surface area contributed by atoms with Crippen molar-refractivity contribution in [2.75, 3.05) is 0 Å². The Hall–Kier alpha value is -3.64. The van der Waals surface area contributed by atoms with Crippen LogP contribution in [0.25, 0.3) is 17.0 Å². The molecule has 1 aliphatic rings. The second-order valence-corrected chi connectivity index (χ2v) is 8.33. The molecule has 0 atom stereocenters. The Morgan fingerprint density at radius 1 is 1.03 bits per heavy atom. The standard InChI is InChI=1S/C25H20ClN3O3/c1-25(2)23(30)21(22(32-25)17-10-12-27-13-11-17)16-6-8-18(9-7-16)31-15-19-24(26)29-14-4-3-5-20(29)28-19/h3-14H,15H2,1-2H3. The highest BCUT2D eigenvalue weighted by atomic mass is 35.5. The number of fused-ring (bicyclic) bond motifs is 1. The summed E-state index contributed by atoms with van der Waals surface area (Å²) in [6, 6.07) is 16.7. The lowest BCUT2D eigenvalue weighted by atomic mass is 9.93. The fourth-order valence-electron chi connectivity index (χ4n) is 3.70. The van der Waals surface area contributed by atoms with E-state index in [-0.39, 0.29) is 12.4 Å². The zero-order chi connectivity index (χ0) is 22.3. The van der Waals surface area contributed by atoms with Gasteiger partial charge >= 0.3 is 0 Å². The summed E-state index contributed by atoms with van der Waals surface area (Å²) in [6.45, 7) is 3.79. The summed E-state index contributed by atoms with van der Waals surface area (Å²) >= 11 is 6.41. The molecule has 1 aromatic carbocycles. The molecule has 0 saturated carbocycles. The number of Topliss-reactive ketones (excluding diaryl/α,β-unsaturated/α-hetero) is 1. The molecule has 3 aromatic heterocycles. The summed E-state index contributed by atoms with van der Waals surface area (Å²) in [5, 5.41) is 0.528. The number of pyridine rings is 2. The van der Waals surface area contributed by atoms with Crippen molar-refractivity contribution < 1.29 is 14.3 Å². The van der Waals surface area contributed by atoms with Crippen molar-refractivity contribution in [1.29, 1.82) is 0 Å². The minimum atomic E-state index is -0.928. The van der Waals surface area contributed by atoms with Crippen molar-refractivity contribution in [3.8, 4) is 5.75 Å². The zero-order valence-corrected chi connectivity index (χ0v) is 18.3. The van der Waals surface area contributed by atoms with Crippen LogP contribution < -0.4 is 4.74 Å². The van der Waals surface area contributed by atoms with Crippen molar-refractivity contribution in [3.63, 3.8) is 0 Å². The fraction of sp³-hybridized carbons (Fsp3) is 0.160. The van der Waals surface area contributed by atoms with E-state index in [0.717, 1.165) is 16.8 Å². The van der Waals surface area contributed by atoms with E-state index in [1.165, 1.54) is 0 Å². The number of benzene rings is 1. The van der Waals surface area contributed by atoms with Gasteiger partial charge in [-0.2, -0.15) is 0 Å². The third-order valence-electron chi connectivity index (χ3n) is 5.36. The summed E-state index contributed by atoms with van der Waals surface area (Å²) in [6.07, 6.45) is 5.22. The Balaban J connectivity index is 1.41. The molecule has 1 aliphatic heterocycles. The van der Waals surface area contributed by atoms with Crippen LogP contribution in [0.4, 0.5) is 0 Å². The van der Waals surface area contributed by atoms with E-state index in [2.05, 4.69) is 9.97 Å². The topological polar surface area (TPSA) is 65.7 Å². The van der Waals surface area contributed by atoms with Crippen LogP contribution in [0.1, 0.15) is 30.7 Å². The molecule has 4 aromatic rings. The maximum Gasteiger partial charge on any atom is 0.210 e. The first-order valence-electron chi connectivity index (χ1n) is 10.2. The molecule has 0 unspecified atom stereocenters. The summed E-state index contributed by atoms with van der Waals surface area (Å²) in [4.78, 5) is 21.6. The zero-order valence-electron chi connectivity index (χ0n) is 17.6. The molecule has 0 radical (unpaired) electrons. The number of hydrogen-bond donors (Lipinski definition) is 0. The van der Waals surface area contributed by atoms with Gasteiger partial charge in [0.05, 0.1) is 5.57 Å². The van der Waals surface area contributed by atoms with Crippen LogP contribution in [0.15, 0.2) is 73.2 Å². The van der Waals surface area contributed by atoms with Crippen molar-refractivity contribution in [2.24, 2.45) is 0 Å². The molecule has 5 rings (SSSR count). The Morgan fingerprint density at radius 3 is 2.50 bits per heavy atom. The fourth-order valence-corrected chi connectivity index (χ4v) is 3.94. The van der Waals surface area contributed by atoms with Crippen LogP contribution in [0, 0.1) is 0 Å². The van der Waals surface area contributed by atoms with Gasteiger partial charge in [-0.1, -0.05) is 29.8 Å². The molecule has 0 spiro atoms. The smallest absolute Gasteiger partial charge is 0.210 e. The number of nitrogens with zero attached hydrogens (tertiary/aromatic N) is 3. The molecule has 4 heterocycles. The SMILES string of the molecule is CC1(C)OC(c2ccncc2)=C(c2ccc(OCc3nc4ccccn4c3Cl)cc2)C1=O. The van der Waals surface area contributed by atoms with E-state index < -0.39 is 5.60 Å². The highest BCUT2D eigenvalue weighted by Gasteiger charge is 2.42. The van der Waals surface area contributed by atoms with Crippen molar-refractivity contribution in [3.05, 3.63) is 95.2 Å². The highest BCUT2D eigenvalue weighted by molar-refractivity contribution is 6.32. The summed E-state index contributed by atoms with van der Waals surface area (Å²) in [7, 11) is 0. The first kappa shape index (κ1) is 20.3. The molecular weight excluding hydrogens is 426 g/mol. The number of hydrogen-bond acceptors (Lipinski definition) is 5. The third-order valence-corrected chi connectivity index (χ3v) is 5.76. The highest BCUT2D eigenvalue weighted by Crippen LogP contribution is 2.41. The first-order chi connectivity index (χ1) is 15.4. The largest absolute Gasteiger partial charge is 0.487 e. The van der Waals surface area contributed by atoms with Gasteiger partial charge in [-0.25, -0.2) is 4.98 Å². The lowest BCUT2D eigenvalue weighted by molar-refractivity contribution is -0.125. The number of carbonyl (C=O) groups excluding carboxylic acids is 1. The van der Waals surface area contributed by atoms with Crippen LogP contribution >= 0.6 is 11.6 Å². The molecule has 6 nitrogen and oxygen atoms in total. The Kier molecular flexibility index (Phi) is 4.94. The van der Waals surface area contributed by atoms with Gasteiger partial charge in [-0.05, 0) is 55.8 Å². The summed E-state index contributed by atoms with van der Waals surface area (Å²) in [5.41, 5.74) is 2.63. The molecule has 7 heteroatoms. The van der Waals surface area contributed by atoms with Gasteiger partial charge in [0.2, 0.25) is 5.78 Å². The molecule has 0 N–H and O–H groups in total. The van der Waals surface area contributed by atoms with Gasteiger partial charge in [-0.3, -0.25) is 14.2 Å². The molecule has 32 heavy (non-hydrogen) atoms. The first-order valence-corrected chi connectivity index (χ1v) is 10.5. The number of ketones is 1. The minimum absolute atomic E-state index is 0.0607. The number of carbonyl (C=O) groups is 1. The van der Waals surface area contributed by atoms with Crippen LogP contribution in [-0.2, 0) is 16.1 Å². The molecule has 160 valence electrons. The maximum atomic E-state index is 13.1. The van der Waals surface area contributed by atoms with Gasteiger partial charge < -0.3 is 9.47 Å². The van der Waals surface area contributed by atoms with E-state index in [4.69, 9.17) is 21.1 Å². The van der Waals surface area contributed by atoms with E-state index in [1.54, 1.807) is 26.2 Å². The molecule has 0 bridgehead atoms. The average molecular weight is 446 g/mol. The minimum Gasteiger partial charge on any atom is -0.487 e. The molecule has 0 aliphatic carbocycles. The molecule has 0 amide bonds.